The van der Waals surface area contributed by atoms with Crippen molar-refractivity contribution >= 4 is 19.9 Å². The molecule has 0 spiro atoms. The highest BCUT2D eigenvalue weighted by Crippen LogP contribution is 2.29. The summed E-state index contributed by atoms with van der Waals surface area (Å²) in [6.45, 7) is 5.05. The van der Waals surface area contributed by atoms with E-state index in [2.05, 4.69) is 9.71 Å². The van der Waals surface area contributed by atoms with E-state index in [1.807, 2.05) is 6.92 Å². The highest BCUT2D eigenvalue weighted by Gasteiger charge is 2.31. The third-order valence-corrected chi connectivity index (χ3v) is 8.68. The molecule has 6 nitrogen and oxygen atoms in total. The number of nitrogens with zero attached hydrogens (tertiary/aromatic N) is 1. The maximum atomic E-state index is 13.3. The van der Waals surface area contributed by atoms with Crippen molar-refractivity contribution in [2.45, 2.75) is 35.8 Å². The zero-order valence-corrected chi connectivity index (χ0v) is 18.7. The van der Waals surface area contributed by atoms with Crippen LogP contribution >= 0.6 is 0 Å². The van der Waals surface area contributed by atoms with Crippen LogP contribution in [0.5, 0.6) is 0 Å². The molecule has 0 aliphatic rings. The summed E-state index contributed by atoms with van der Waals surface area (Å²) in [4.78, 5) is 4.31. The van der Waals surface area contributed by atoms with Gasteiger partial charge < -0.3 is 0 Å². The summed E-state index contributed by atoms with van der Waals surface area (Å²) < 4.78 is 55.2. The molecule has 3 aromatic rings. The van der Waals surface area contributed by atoms with E-state index in [0.717, 1.165) is 5.56 Å². The molecule has 0 radical (unpaired) electrons. The molecular weight excluding hydrogens is 420 g/mol. The van der Waals surface area contributed by atoms with E-state index in [9.17, 15) is 16.8 Å². The molecule has 3 rings (SSSR count). The average molecular weight is 445 g/mol. The minimum Gasteiger partial charge on any atom is -0.264 e. The number of rotatable bonds is 7. The summed E-state index contributed by atoms with van der Waals surface area (Å²) >= 11 is 0. The Bertz CT molecular complexity index is 1220. The first-order chi connectivity index (χ1) is 14.1. The predicted molar refractivity (Wildman–Crippen MR) is 116 cm³/mol. The smallest absolute Gasteiger partial charge is 0.241 e. The van der Waals surface area contributed by atoms with Crippen LogP contribution in [-0.4, -0.2) is 28.4 Å². The molecule has 1 unspecified atom stereocenters. The number of nitrogens with one attached hydrogen (secondary N) is 1. The van der Waals surface area contributed by atoms with Gasteiger partial charge in [-0.3, -0.25) is 4.98 Å². The predicted octanol–water partition coefficient (Wildman–Crippen LogP) is 3.50. The normalized spacial score (nSPS) is 13.2. The van der Waals surface area contributed by atoms with Gasteiger partial charge in [-0.05, 0) is 55.7 Å². The summed E-state index contributed by atoms with van der Waals surface area (Å²) in [5, 5.41) is -1.12. The Morgan fingerprint density at radius 1 is 0.900 bits per heavy atom. The largest absolute Gasteiger partial charge is 0.264 e. The van der Waals surface area contributed by atoms with Gasteiger partial charge in [-0.2, -0.15) is 0 Å². The van der Waals surface area contributed by atoms with Crippen LogP contribution in [0.3, 0.4) is 0 Å². The van der Waals surface area contributed by atoms with Crippen molar-refractivity contribution in [3.8, 4) is 0 Å². The van der Waals surface area contributed by atoms with Crippen molar-refractivity contribution < 1.29 is 16.8 Å². The number of hydrogen-bond donors (Lipinski definition) is 1. The van der Waals surface area contributed by atoms with E-state index in [1.165, 1.54) is 18.3 Å². The summed E-state index contributed by atoms with van der Waals surface area (Å²) in [5.41, 5.74) is 2.61. The molecule has 158 valence electrons. The number of sulfone groups is 1. The Morgan fingerprint density at radius 3 is 2.10 bits per heavy atom. The number of aromatic nitrogens is 1. The molecule has 0 bridgehead atoms. The molecule has 0 aliphatic heterocycles. The Kier molecular flexibility index (Phi) is 6.40. The van der Waals surface area contributed by atoms with Gasteiger partial charge in [0.1, 0.15) is 5.25 Å². The third-order valence-electron chi connectivity index (χ3n) is 4.83. The van der Waals surface area contributed by atoms with Gasteiger partial charge in [-0.25, -0.2) is 21.6 Å². The molecule has 1 heterocycles. The van der Waals surface area contributed by atoms with Crippen molar-refractivity contribution in [1.82, 2.24) is 9.71 Å². The fourth-order valence-corrected chi connectivity index (χ4v) is 6.86. The second-order valence-corrected chi connectivity index (χ2v) is 11.0. The number of benzene rings is 2. The topological polar surface area (TPSA) is 93.2 Å². The number of aryl methyl sites for hydroxylation is 3. The second-order valence-electron chi connectivity index (χ2n) is 7.21. The van der Waals surface area contributed by atoms with E-state index >= 15 is 0 Å². The van der Waals surface area contributed by atoms with Crippen LogP contribution in [-0.2, 0) is 19.9 Å². The van der Waals surface area contributed by atoms with Gasteiger partial charge in [0.2, 0.25) is 10.0 Å². The van der Waals surface area contributed by atoms with E-state index in [0.29, 0.717) is 16.7 Å². The van der Waals surface area contributed by atoms with Crippen molar-refractivity contribution in [2.24, 2.45) is 0 Å². The second kappa shape index (κ2) is 8.67. The lowest BCUT2D eigenvalue weighted by atomic mass is 10.1. The highest BCUT2D eigenvalue weighted by atomic mass is 32.2. The van der Waals surface area contributed by atoms with Gasteiger partial charge in [0.25, 0.3) is 0 Å². The van der Waals surface area contributed by atoms with Crippen LogP contribution in [0, 0.1) is 20.8 Å². The maximum absolute atomic E-state index is 13.3. The zero-order valence-electron chi connectivity index (χ0n) is 17.0. The van der Waals surface area contributed by atoms with Gasteiger partial charge in [-0.1, -0.05) is 42.0 Å². The van der Waals surface area contributed by atoms with Gasteiger partial charge in [0.15, 0.2) is 9.84 Å². The van der Waals surface area contributed by atoms with Crippen LogP contribution < -0.4 is 4.72 Å². The van der Waals surface area contributed by atoms with Crippen LogP contribution in [0.25, 0.3) is 0 Å². The van der Waals surface area contributed by atoms with Crippen LogP contribution in [0.2, 0.25) is 0 Å². The Labute approximate surface area is 178 Å². The first-order valence-electron chi connectivity index (χ1n) is 9.39. The molecule has 0 aliphatic carbocycles. The van der Waals surface area contributed by atoms with Gasteiger partial charge in [0.05, 0.1) is 9.79 Å². The highest BCUT2D eigenvalue weighted by molar-refractivity contribution is 7.92. The Morgan fingerprint density at radius 2 is 1.53 bits per heavy atom. The maximum Gasteiger partial charge on any atom is 0.241 e. The average Bonchev–Trinajstić information content (AvgIpc) is 2.68. The molecule has 0 saturated carbocycles. The van der Waals surface area contributed by atoms with Gasteiger partial charge in [-0.15, -0.1) is 0 Å². The Hall–Kier alpha value is -2.55. The third kappa shape index (κ3) is 4.61. The molecular formula is C22H24N2O4S2. The van der Waals surface area contributed by atoms with E-state index in [1.54, 1.807) is 62.5 Å². The lowest BCUT2D eigenvalue weighted by molar-refractivity contribution is 0.568. The van der Waals surface area contributed by atoms with Crippen LogP contribution in [0.1, 0.15) is 27.5 Å². The summed E-state index contributed by atoms with van der Waals surface area (Å²) in [6, 6.07) is 14.8. The van der Waals surface area contributed by atoms with Gasteiger partial charge in [0, 0.05) is 18.9 Å². The van der Waals surface area contributed by atoms with Gasteiger partial charge >= 0.3 is 0 Å². The summed E-state index contributed by atoms with van der Waals surface area (Å²) in [7, 11) is -7.77. The molecule has 1 N–H and O–H groups in total. The monoisotopic (exact) mass is 444 g/mol. The number of hydrogen-bond acceptors (Lipinski definition) is 5. The molecule has 2 aromatic carbocycles. The number of sulfonamides is 1. The van der Waals surface area contributed by atoms with Crippen molar-refractivity contribution in [3.63, 3.8) is 0 Å². The van der Waals surface area contributed by atoms with E-state index in [4.69, 9.17) is 0 Å². The Balaban J connectivity index is 2.00. The molecule has 8 heteroatoms. The van der Waals surface area contributed by atoms with E-state index < -0.39 is 25.1 Å². The molecule has 30 heavy (non-hydrogen) atoms. The lowest BCUT2D eigenvalue weighted by Gasteiger charge is -2.20. The minimum atomic E-state index is -3.92. The molecule has 0 amide bonds. The summed E-state index contributed by atoms with van der Waals surface area (Å²) in [6.07, 6.45) is 2.99. The SMILES string of the molecule is Cc1cc(C)c(S(=O)(=O)NCC(c2cccnc2)S(=O)(=O)c2ccccc2)c(C)c1. The van der Waals surface area contributed by atoms with Crippen molar-refractivity contribution in [2.75, 3.05) is 6.54 Å². The molecule has 0 fully saturated rings. The van der Waals surface area contributed by atoms with Crippen LogP contribution in [0.15, 0.2) is 76.8 Å². The fourth-order valence-electron chi connectivity index (χ4n) is 3.60. The first kappa shape index (κ1) is 22.1. The van der Waals surface area contributed by atoms with Crippen molar-refractivity contribution in [1.29, 1.82) is 0 Å². The summed E-state index contributed by atoms with van der Waals surface area (Å²) in [5.74, 6) is 0. The lowest BCUT2D eigenvalue weighted by Crippen LogP contribution is -2.32. The minimum absolute atomic E-state index is 0.126. The fraction of sp³-hybridized carbons (Fsp3) is 0.227. The number of pyridine rings is 1. The molecule has 1 aromatic heterocycles. The molecule has 1 atom stereocenters. The van der Waals surface area contributed by atoms with Crippen LogP contribution in [0.4, 0.5) is 0 Å². The quantitative estimate of drug-likeness (QED) is 0.602. The zero-order chi connectivity index (χ0) is 21.9. The standard InChI is InChI=1S/C22H24N2O4S2/c1-16-12-17(2)22(18(3)13-16)30(27,28)24-15-21(19-8-7-11-23-14-19)29(25,26)20-9-5-4-6-10-20/h4-14,21,24H,15H2,1-3H3. The van der Waals surface area contributed by atoms with Crippen molar-refractivity contribution in [3.05, 3.63) is 89.2 Å². The molecule has 0 saturated heterocycles. The first-order valence-corrected chi connectivity index (χ1v) is 12.4. The van der Waals surface area contributed by atoms with E-state index in [-0.39, 0.29) is 16.3 Å².